The predicted molar refractivity (Wildman–Crippen MR) is 239 cm³/mol. The van der Waals surface area contributed by atoms with Crippen LogP contribution in [0.1, 0.15) is 9.60 Å². The second kappa shape index (κ2) is 12.5. The SMILES string of the molecule is [2H]c1c([2H])c([2H])c2c(c1[2H])c1c([2H])c(-c3ccc4c(c3)c3c(-c5ccccc5)cccc3n4-c3cccc(-c4ccccc4)c3)c([2H])c([2H])c1n2-c1cccc2oc3ccccc3c12. The number of hydrogen-bond donors (Lipinski definition) is 0. The molecule has 0 aliphatic rings. The molecule has 0 radical (unpaired) electrons. The van der Waals surface area contributed by atoms with Crippen LogP contribution in [0.15, 0.2) is 211 Å². The van der Waals surface area contributed by atoms with Crippen molar-refractivity contribution in [3.63, 3.8) is 0 Å². The summed E-state index contributed by atoms with van der Waals surface area (Å²) < 4.78 is 75.8. The highest BCUT2D eigenvalue weighted by atomic mass is 16.3. The number of para-hydroxylation sites is 2. The Hall–Kier alpha value is -7.62. The van der Waals surface area contributed by atoms with Crippen LogP contribution in [0.25, 0.3) is 110 Å². The third-order valence-electron chi connectivity index (χ3n) is 11.2. The molecule has 3 heterocycles. The van der Waals surface area contributed by atoms with E-state index in [4.69, 9.17) is 7.16 Å². The Balaban J connectivity index is 1.18. The molecule has 0 N–H and O–H groups in total. The number of benzene rings is 9. The van der Waals surface area contributed by atoms with Gasteiger partial charge in [0.1, 0.15) is 11.2 Å². The number of rotatable bonds is 5. The third-order valence-corrected chi connectivity index (χ3v) is 11.2. The van der Waals surface area contributed by atoms with Gasteiger partial charge in [0.25, 0.3) is 0 Å². The minimum atomic E-state index is -0.440. The Bertz CT molecular complexity index is 3930. The van der Waals surface area contributed by atoms with Gasteiger partial charge in [-0.05, 0) is 100 Å². The van der Waals surface area contributed by atoms with Crippen LogP contribution < -0.4 is 0 Å². The highest BCUT2D eigenvalue weighted by Gasteiger charge is 2.20. The van der Waals surface area contributed by atoms with E-state index in [2.05, 4.69) is 71.3 Å². The van der Waals surface area contributed by atoms with Crippen molar-refractivity contribution in [3.05, 3.63) is 206 Å². The van der Waals surface area contributed by atoms with Crippen molar-refractivity contribution in [2.75, 3.05) is 0 Å². The van der Waals surface area contributed by atoms with E-state index >= 15 is 0 Å². The van der Waals surface area contributed by atoms with Gasteiger partial charge in [-0.3, -0.25) is 0 Å². The zero-order valence-corrected chi connectivity index (χ0v) is 30.4. The zero-order chi connectivity index (χ0) is 43.5. The van der Waals surface area contributed by atoms with Gasteiger partial charge in [-0.15, -0.1) is 0 Å². The van der Waals surface area contributed by atoms with Crippen LogP contribution in [0.2, 0.25) is 0 Å². The van der Waals surface area contributed by atoms with Gasteiger partial charge in [-0.1, -0.05) is 139 Å². The van der Waals surface area contributed by atoms with E-state index < -0.39 is 12.1 Å². The van der Waals surface area contributed by atoms with Crippen molar-refractivity contribution >= 4 is 65.6 Å². The summed E-state index contributed by atoms with van der Waals surface area (Å²) in [4.78, 5) is 0. The summed E-state index contributed by atoms with van der Waals surface area (Å²) in [6.07, 6.45) is 0. The van der Waals surface area contributed by atoms with Gasteiger partial charge in [0, 0.05) is 32.6 Å². The molecule has 3 heteroatoms. The first kappa shape index (κ1) is 25.5. The number of furan rings is 1. The predicted octanol–water partition coefficient (Wildman–Crippen LogP) is 14.8. The summed E-state index contributed by atoms with van der Waals surface area (Å²) in [5.41, 5.74) is 9.84. The molecule has 9 aromatic carbocycles. The molecule has 0 spiro atoms. The van der Waals surface area contributed by atoms with Crippen LogP contribution in [0.3, 0.4) is 0 Å². The van der Waals surface area contributed by atoms with Crippen molar-refractivity contribution in [2.45, 2.75) is 0 Å². The van der Waals surface area contributed by atoms with E-state index in [1.165, 1.54) is 0 Å². The number of nitrogens with zero attached hydrogens (tertiary/aromatic N) is 2. The van der Waals surface area contributed by atoms with E-state index in [0.29, 0.717) is 27.8 Å². The summed E-state index contributed by atoms with van der Waals surface area (Å²) in [7, 11) is 0. The molecule has 0 atom stereocenters. The maximum Gasteiger partial charge on any atom is 0.137 e. The maximum absolute atomic E-state index is 10.0. The van der Waals surface area contributed by atoms with Gasteiger partial charge in [-0.25, -0.2) is 0 Å². The lowest BCUT2D eigenvalue weighted by Gasteiger charge is -2.11. The van der Waals surface area contributed by atoms with Crippen molar-refractivity contribution in [1.29, 1.82) is 0 Å². The maximum atomic E-state index is 10.0. The number of fused-ring (bicyclic) bond motifs is 9. The second-order valence-electron chi connectivity index (χ2n) is 14.3. The van der Waals surface area contributed by atoms with Crippen molar-refractivity contribution < 1.29 is 14.0 Å². The van der Waals surface area contributed by atoms with Gasteiger partial charge in [-0.2, -0.15) is 0 Å². The Morgan fingerprint density at radius 1 is 0.386 bits per heavy atom. The average Bonchev–Trinajstić information content (AvgIpc) is 4.01. The molecule has 0 aliphatic carbocycles. The van der Waals surface area contributed by atoms with E-state index in [0.717, 1.165) is 55.1 Å². The van der Waals surface area contributed by atoms with Crippen LogP contribution in [0.5, 0.6) is 0 Å². The molecule has 12 rings (SSSR count). The first-order valence-corrected chi connectivity index (χ1v) is 18.9. The second-order valence-corrected chi connectivity index (χ2v) is 14.3. The van der Waals surface area contributed by atoms with Crippen LogP contribution in [-0.2, 0) is 0 Å². The zero-order valence-electron chi connectivity index (χ0n) is 37.4. The highest BCUT2D eigenvalue weighted by molar-refractivity contribution is 6.18. The lowest BCUT2D eigenvalue weighted by molar-refractivity contribution is 0.669. The quantitative estimate of drug-likeness (QED) is 0.173. The minimum absolute atomic E-state index is 0.101. The van der Waals surface area contributed by atoms with Crippen LogP contribution in [-0.4, -0.2) is 9.13 Å². The molecular formula is C54H34N2O. The van der Waals surface area contributed by atoms with Crippen molar-refractivity contribution in [1.82, 2.24) is 9.13 Å². The first-order chi connectivity index (χ1) is 31.2. The molecular weight excluding hydrogens is 693 g/mol. The van der Waals surface area contributed by atoms with Gasteiger partial charge in [0.05, 0.1) is 42.7 Å². The normalized spacial score (nSPS) is 13.6. The number of hydrogen-bond acceptors (Lipinski definition) is 1. The Morgan fingerprint density at radius 2 is 1.11 bits per heavy atom. The Morgan fingerprint density at radius 3 is 2.00 bits per heavy atom. The number of aromatic nitrogens is 2. The molecule has 0 amide bonds. The summed E-state index contributed by atoms with van der Waals surface area (Å²) in [5, 5.41) is 3.66. The van der Waals surface area contributed by atoms with Gasteiger partial charge in [0.2, 0.25) is 0 Å². The molecule has 0 unspecified atom stereocenters. The summed E-state index contributed by atoms with van der Waals surface area (Å²) in [6.45, 7) is 0. The smallest absolute Gasteiger partial charge is 0.137 e. The average molecular weight is 734 g/mol. The fourth-order valence-electron chi connectivity index (χ4n) is 8.66. The Kier molecular flexibility index (Phi) is 5.56. The molecule has 0 fully saturated rings. The molecule has 3 nitrogen and oxygen atoms in total. The molecule has 0 saturated carbocycles. The summed E-state index contributed by atoms with van der Waals surface area (Å²) >= 11 is 0. The van der Waals surface area contributed by atoms with Gasteiger partial charge < -0.3 is 13.6 Å². The molecule has 266 valence electrons. The summed E-state index contributed by atoms with van der Waals surface area (Å²) in [5.74, 6) is 0. The lowest BCUT2D eigenvalue weighted by atomic mass is 9.97. The highest BCUT2D eigenvalue weighted by Crippen LogP contribution is 2.43. The van der Waals surface area contributed by atoms with E-state index in [1.54, 1.807) is 10.6 Å². The fraction of sp³-hybridized carbons (Fsp3) is 0. The standard InChI is InChI=1S/C54H34N2O/c1-3-14-35(15-4-1)37-18-11-19-40(32-37)55-48-31-29-39(34-45(48)53-41(22-12-24-49(53)55)36-16-5-2-6-17-36)38-28-30-47-44(33-38)42-20-7-9-23-46(42)56(47)50-25-13-27-52-54(50)43-21-8-10-26-51(43)57-52/h1-34H/i7D,9D,20D,23D,28D,30D,33D. The summed E-state index contributed by atoms with van der Waals surface area (Å²) in [6, 6.07) is 52.2. The van der Waals surface area contributed by atoms with Gasteiger partial charge >= 0.3 is 0 Å². The lowest BCUT2D eigenvalue weighted by Crippen LogP contribution is -1.95. The molecule has 57 heavy (non-hydrogen) atoms. The molecule has 12 aromatic rings. The van der Waals surface area contributed by atoms with Crippen LogP contribution >= 0.6 is 0 Å². The molecule has 0 saturated heterocycles. The van der Waals surface area contributed by atoms with E-state index in [9.17, 15) is 6.85 Å². The molecule has 3 aromatic heterocycles. The molecule has 0 bridgehead atoms. The fourth-order valence-corrected chi connectivity index (χ4v) is 8.66. The van der Waals surface area contributed by atoms with Gasteiger partial charge in [0.15, 0.2) is 0 Å². The van der Waals surface area contributed by atoms with E-state index in [-0.39, 0.29) is 57.6 Å². The Labute approximate surface area is 338 Å². The van der Waals surface area contributed by atoms with E-state index in [1.807, 2.05) is 91.0 Å². The first-order valence-electron chi connectivity index (χ1n) is 22.4. The topological polar surface area (TPSA) is 23.0 Å². The van der Waals surface area contributed by atoms with Crippen LogP contribution in [0, 0.1) is 0 Å². The van der Waals surface area contributed by atoms with Crippen molar-refractivity contribution in [2.24, 2.45) is 0 Å². The largest absolute Gasteiger partial charge is 0.456 e. The third kappa shape index (κ3) is 4.86. The monoisotopic (exact) mass is 733 g/mol. The molecule has 0 aliphatic heterocycles. The minimum Gasteiger partial charge on any atom is -0.456 e. The van der Waals surface area contributed by atoms with Crippen LogP contribution in [0.4, 0.5) is 0 Å². The van der Waals surface area contributed by atoms with Crippen molar-refractivity contribution in [3.8, 4) is 44.8 Å².